The van der Waals surface area contributed by atoms with Crippen molar-refractivity contribution in [1.29, 1.82) is 0 Å². The molecular formula is C17H23N5O5. The number of nitro groups is 2. The molecule has 1 unspecified atom stereocenters. The summed E-state index contributed by atoms with van der Waals surface area (Å²) in [6, 6.07) is 3.31. The number of benzene rings is 1. The molecule has 146 valence electrons. The minimum Gasteiger partial charge on any atom is -0.337 e. The SMILES string of the molecule is CC(=O)N1CCCC1(C)C(C)(C)C=NNc1ccc([N+](=O)[O-])cc1[N+](=O)[O-]. The Morgan fingerprint density at radius 3 is 2.56 bits per heavy atom. The number of nitrogens with zero attached hydrogens (tertiary/aromatic N) is 4. The van der Waals surface area contributed by atoms with E-state index < -0.39 is 26.5 Å². The normalized spacial score (nSPS) is 20.1. The number of hydrogen-bond donors (Lipinski definition) is 1. The van der Waals surface area contributed by atoms with Gasteiger partial charge >= 0.3 is 5.69 Å². The van der Waals surface area contributed by atoms with Crippen LogP contribution in [-0.2, 0) is 4.79 Å². The molecular weight excluding hydrogens is 354 g/mol. The number of nitro benzene ring substituents is 2. The third-order valence-corrected chi connectivity index (χ3v) is 5.37. The van der Waals surface area contributed by atoms with Crippen LogP contribution in [0.5, 0.6) is 0 Å². The number of non-ortho nitro benzene ring substituents is 1. The maximum Gasteiger partial charge on any atom is 0.301 e. The summed E-state index contributed by atoms with van der Waals surface area (Å²) in [6.45, 7) is 8.12. The molecule has 0 aliphatic carbocycles. The molecule has 0 aromatic heterocycles. The second kappa shape index (κ2) is 7.29. The van der Waals surface area contributed by atoms with Gasteiger partial charge in [0.25, 0.3) is 5.69 Å². The maximum atomic E-state index is 11.9. The summed E-state index contributed by atoms with van der Waals surface area (Å²) < 4.78 is 0. The first-order chi connectivity index (χ1) is 12.5. The molecule has 0 spiro atoms. The van der Waals surface area contributed by atoms with E-state index in [0.29, 0.717) is 6.54 Å². The Hall–Kier alpha value is -3.04. The van der Waals surface area contributed by atoms with E-state index in [2.05, 4.69) is 10.5 Å². The lowest BCUT2D eigenvalue weighted by Gasteiger charge is -2.45. The van der Waals surface area contributed by atoms with Crippen LogP contribution < -0.4 is 5.43 Å². The number of carbonyl (C=O) groups is 1. The van der Waals surface area contributed by atoms with Crippen molar-refractivity contribution in [3.8, 4) is 0 Å². The zero-order chi connectivity index (χ0) is 20.4. The first-order valence-corrected chi connectivity index (χ1v) is 8.51. The van der Waals surface area contributed by atoms with Crippen LogP contribution in [0.4, 0.5) is 17.1 Å². The van der Waals surface area contributed by atoms with Crippen LogP contribution in [0.3, 0.4) is 0 Å². The average Bonchev–Trinajstić information content (AvgIpc) is 2.98. The number of likely N-dealkylation sites (tertiary alicyclic amines) is 1. The highest BCUT2D eigenvalue weighted by Crippen LogP contribution is 2.42. The molecule has 1 fully saturated rings. The van der Waals surface area contributed by atoms with Crippen molar-refractivity contribution in [2.45, 2.75) is 46.1 Å². The van der Waals surface area contributed by atoms with E-state index >= 15 is 0 Å². The molecule has 1 amide bonds. The summed E-state index contributed by atoms with van der Waals surface area (Å²) in [5, 5.41) is 26.1. The van der Waals surface area contributed by atoms with Crippen molar-refractivity contribution < 1.29 is 14.6 Å². The first-order valence-electron chi connectivity index (χ1n) is 8.51. The number of anilines is 1. The van der Waals surface area contributed by atoms with Gasteiger partial charge in [-0.05, 0) is 25.8 Å². The Kier molecular flexibility index (Phi) is 5.48. The quantitative estimate of drug-likeness (QED) is 0.459. The highest BCUT2D eigenvalue weighted by Gasteiger charge is 2.48. The fourth-order valence-electron chi connectivity index (χ4n) is 3.42. The van der Waals surface area contributed by atoms with E-state index in [4.69, 9.17) is 0 Å². The predicted octanol–water partition coefficient (Wildman–Crippen LogP) is 3.33. The van der Waals surface area contributed by atoms with Gasteiger partial charge in [0.1, 0.15) is 5.69 Å². The predicted molar refractivity (Wildman–Crippen MR) is 101 cm³/mol. The number of nitrogens with one attached hydrogen (secondary N) is 1. The lowest BCUT2D eigenvalue weighted by atomic mass is 9.72. The van der Waals surface area contributed by atoms with Gasteiger partial charge in [0.05, 0.1) is 21.5 Å². The van der Waals surface area contributed by atoms with Crippen LogP contribution in [-0.4, -0.2) is 39.0 Å². The highest BCUT2D eigenvalue weighted by atomic mass is 16.6. The Morgan fingerprint density at radius 1 is 1.33 bits per heavy atom. The number of hydrogen-bond acceptors (Lipinski definition) is 7. The van der Waals surface area contributed by atoms with Gasteiger partial charge in [-0.25, -0.2) is 0 Å². The van der Waals surface area contributed by atoms with Crippen LogP contribution in [0, 0.1) is 25.6 Å². The van der Waals surface area contributed by atoms with Crippen LogP contribution >= 0.6 is 0 Å². The number of rotatable bonds is 6. The molecule has 2 rings (SSSR count). The van der Waals surface area contributed by atoms with Gasteiger partial charge in [0.15, 0.2) is 0 Å². The molecule has 1 atom stereocenters. The Balaban J connectivity index is 2.25. The molecule has 1 saturated heterocycles. The number of amides is 1. The van der Waals surface area contributed by atoms with Crippen LogP contribution in [0.2, 0.25) is 0 Å². The van der Waals surface area contributed by atoms with E-state index in [1.165, 1.54) is 19.1 Å². The Labute approximate surface area is 156 Å². The maximum absolute atomic E-state index is 11.9. The highest BCUT2D eigenvalue weighted by molar-refractivity contribution is 5.77. The van der Waals surface area contributed by atoms with E-state index in [9.17, 15) is 25.0 Å². The summed E-state index contributed by atoms with van der Waals surface area (Å²) in [4.78, 5) is 34.4. The zero-order valence-corrected chi connectivity index (χ0v) is 15.8. The van der Waals surface area contributed by atoms with Crippen molar-refractivity contribution in [3.05, 3.63) is 38.4 Å². The zero-order valence-electron chi connectivity index (χ0n) is 15.8. The standard InChI is InChI=1S/C17H23N5O5/c1-12(23)20-9-5-8-17(20,4)16(2,3)11-18-19-14-7-6-13(21(24)25)10-15(14)22(26)27/h6-7,10-11,19H,5,8-9H2,1-4H3. The van der Waals surface area contributed by atoms with Gasteiger partial charge in [-0.1, -0.05) is 13.8 Å². The number of carbonyl (C=O) groups excluding carboxylic acids is 1. The van der Waals surface area contributed by atoms with Crippen molar-refractivity contribution >= 4 is 29.2 Å². The van der Waals surface area contributed by atoms with E-state index in [1.807, 2.05) is 25.7 Å². The fraction of sp³-hybridized carbons (Fsp3) is 0.529. The van der Waals surface area contributed by atoms with Crippen LogP contribution in [0.15, 0.2) is 23.3 Å². The molecule has 0 saturated carbocycles. The largest absolute Gasteiger partial charge is 0.337 e. The first kappa shape index (κ1) is 20.3. The summed E-state index contributed by atoms with van der Waals surface area (Å²) in [6.07, 6.45) is 3.34. The third-order valence-electron chi connectivity index (χ3n) is 5.37. The van der Waals surface area contributed by atoms with E-state index in [0.717, 1.165) is 18.9 Å². The lowest BCUT2D eigenvalue weighted by Crippen LogP contribution is -2.54. The summed E-state index contributed by atoms with van der Waals surface area (Å²) in [7, 11) is 0. The molecule has 27 heavy (non-hydrogen) atoms. The molecule has 1 N–H and O–H groups in total. The average molecular weight is 377 g/mol. The van der Waals surface area contributed by atoms with Gasteiger partial charge < -0.3 is 4.90 Å². The van der Waals surface area contributed by atoms with Gasteiger partial charge in [0.2, 0.25) is 5.91 Å². The molecule has 1 aromatic carbocycles. The summed E-state index contributed by atoms with van der Waals surface area (Å²) >= 11 is 0. The smallest absolute Gasteiger partial charge is 0.301 e. The molecule has 0 radical (unpaired) electrons. The van der Waals surface area contributed by atoms with Gasteiger partial charge in [0, 0.05) is 31.2 Å². The van der Waals surface area contributed by atoms with Crippen LogP contribution in [0.1, 0.15) is 40.5 Å². The van der Waals surface area contributed by atoms with Gasteiger partial charge in [-0.15, -0.1) is 0 Å². The molecule has 0 bridgehead atoms. The molecule has 1 aliphatic heterocycles. The summed E-state index contributed by atoms with van der Waals surface area (Å²) in [5.41, 5.74) is 0.927. The Morgan fingerprint density at radius 2 is 2.00 bits per heavy atom. The minimum absolute atomic E-state index is 0.00422. The number of hydrazone groups is 1. The molecule has 1 heterocycles. The van der Waals surface area contributed by atoms with Crippen molar-refractivity contribution in [3.63, 3.8) is 0 Å². The van der Waals surface area contributed by atoms with Crippen molar-refractivity contribution in [2.75, 3.05) is 12.0 Å². The van der Waals surface area contributed by atoms with E-state index in [1.54, 1.807) is 6.21 Å². The van der Waals surface area contributed by atoms with Crippen molar-refractivity contribution in [2.24, 2.45) is 10.5 Å². The fourth-order valence-corrected chi connectivity index (χ4v) is 3.42. The topological polar surface area (TPSA) is 131 Å². The Bertz CT molecular complexity index is 807. The van der Waals surface area contributed by atoms with Gasteiger partial charge in [-0.2, -0.15) is 5.10 Å². The molecule has 10 nitrogen and oxygen atoms in total. The molecule has 10 heteroatoms. The molecule has 1 aromatic rings. The second-order valence-electron chi connectivity index (χ2n) is 7.36. The third kappa shape index (κ3) is 3.88. The van der Waals surface area contributed by atoms with Gasteiger partial charge in [-0.3, -0.25) is 30.4 Å². The monoisotopic (exact) mass is 377 g/mol. The van der Waals surface area contributed by atoms with Crippen LogP contribution in [0.25, 0.3) is 0 Å². The second-order valence-corrected chi connectivity index (χ2v) is 7.36. The van der Waals surface area contributed by atoms with E-state index in [-0.39, 0.29) is 17.3 Å². The molecule has 1 aliphatic rings. The minimum atomic E-state index is -0.703. The lowest BCUT2D eigenvalue weighted by molar-refractivity contribution is -0.393. The summed E-state index contributed by atoms with van der Waals surface area (Å²) in [5.74, 6) is -0.00422. The van der Waals surface area contributed by atoms with Crippen molar-refractivity contribution in [1.82, 2.24) is 4.90 Å².